The van der Waals surface area contributed by atoms with Crippen molar-refractivity contribution >= 4 is 40.8 Å². The van der Waals surface area contributed by atoms with Crippen LogP contribution >= 0.6 is 23.2 Å². The van der Waals surface area contributed by atoms with Crippen LogP contribution in [-0.2, 0) is 6.54 Å². The molecule has 0 saturated heterocycles. The highest BCUT2D eigenvalue weighted by Gasteiger charge is 2.20. The molecule has 0 saturated carbocycles. The van der Waals surface area contributed by atoms with Crippen LogP contribution < -0.4 is 11.1 Å². The molecule has 0 aliphatic heterocycles. The molecule has 2 aromatic carbocycles. The highest BCUT2D eigenvalue weighted by atomic mass is 35.5. The maximum absolute atomic E-state index is 12.4. The molecule has 3 rings (SSSR count). The quantitative estimate of drug-likeness (QED) is 0.699. The normalized spacial score (nSPS) is 10.5. The van der Waals surface area contributed by atoms with Crippen LogP contribution in [0.15, 0.2) is 54.9 Å². The van der Waals surface area contributed by atoms with E-state index in [0.717, 1.165) is 5.56 Å². The zero-order valence-corrected chi connectivity index (χ0v) is 15.0. The molecule has 26 heavy (non-hydrogen) atoms. The van der Waals surface area contributed by atoms with Crippen LogP contribution in [-0.4, -0.2) is 21.4 Å². The van der Waals surface area contributed by atoms with Gasteiger partial charge in [-0.15, -0.1) is 0 Å². The maximum Gasteiger partial charge on any atom is 0.269 e. The summed E-state index contributed by atoms with van der Waals surface area (Å²) in [6.07, 6.45) is 1.45. The first-order valence-electron chi connectivity index (χ1n) is 7.61. The third kappa shape index (κ3) is 3.87. The molecule has 1 heterocycles. The van der Waals surface area contributed by atoms with Crippen LogP contribution in [0.25, 0.3) is 0 Å². The van der Waals surface area contributed by atoms with Crippen molar-refractivity contribution < 1.29 is 9.59 Å². The summed E-state index contributed by atoms with van der Waals surface area (Å²) in [4.78, 5) is 28.4. The zero-order valence-electron chi connectivity index (χ0n) is 13.4. The van der Waals surface area contributed by atoms with Crippen molar-refractivity contribution in [3.8, 4) is 0 Å². The SMILES string of the molecule is NC(=O)c1c(NC(=O)c2ccc(Cl)cc2Cl)ncn1Cc1ccccc1. The predicted octanol–water partition coefficient (Wildman–Crippen LogP) is 3.59. The van der Waals surface area contributed by atoms with E-state index < -0.39 is 11.8 Å². The average molecular weight is 389 g/mol. The number of nitrogens with zero attached hydrogens (tertiary/aromatic N) is 2. The number of anilines is 1. The summed E-state index contributed by atoms with van der Waals surface area (Å²) in [5.74, 6) is -1.14. The van der Waals surface area contributed by atoms with E-state index in [4.69, 9.17) is 28.9 Å². The van der Waals surface area contributed by atoms with E-state index in [-0.39, 0.29) is 22.1 Å². The summed E-state index contributed by atoms with van der Waals surface area (Å²) >= 11 is 11.9. The molecule has 3 aromatic rings. The molecule has 0 unspecified atom stereocenters. The molecule has 8 heteroatoms. The number of carbonyl (C=O) groups excluding carboxylic acids is 2. The van der Waals surface area contributed by atoms with Crippen molar-refractivity contribution in [2.24, 2.45) is 5.73 Å². The number of nitrogens with two attached hydrogens (primary N) is 1. The van der Waals surface area contributed by atoms with Gasteiger partial charge in [0.1, 0.15) is 0 Å². The molecule has 0 spiro atoms. The second kappa shape index (κ2) is 7.59. The largest absolute Gasteiger partial charge is 0.364 e. The maximum atomic E-state index is 12.4. The second-order valence-electron chi connectivity index (χ2n) is 5.50. The number of carbonyl (C=O) groups is 2. The van der Waals surface area contributed by atoms with Crippen molar-refractivity contribution in [3.63, 3.8) is 0 Å². The van der Waals surface area contributed by atoms with Crippen LogP contribution in [0, 0.1) is 0 Å². The zero-order chi connectivity index (χ0) is 18.7. The number of amides is 2. The van der Waals surface area contributed by atoms with Crippen molar-refractivity contribution in [2.75, 3.05) is 5.32 Å². The number of hydrogen-bond acceptors (Lipinski definition) is 3. The van der Waals surface area contributed by atoms with Crippen molar-refractivity contribution in [1.29, 1.82) is 0 Å². The summed E-state index contributed by atoms with van der Waals surface area (Å²) in [5.41, 5.74) is 6.76. The van der Waals surface area contributed by atoms with Crippen molar-refractivity contribution in [2.45, 2.75) is 6.54 Å². The number of imidazole rings is 1. The van der Waals surface area contributed by atoms with E-state index in [9.17, 15) is 9.59 Å². The molecular weight excluding hydrogens is 375 g/mol. The first kappa shape index (κ1) is 18.0. The number of hydrogen-bond donors (Lipinski definition) is 2. The molecule has 0 bridgehead atoms. The molecule has 0 aliphatic carbocycles. The molecule has 0 radical (unpaired) electrons. The molecule has 3 N–H and O–H groups in total. The predicted molar refractivity (Wildman–Crippen MR) is 101 cm³/mol. The number of primary amides is 1. The highest BCUT2D eigenvalue weighted by molar-refractivity contribution is 6.37. The van der Waals surface area contributed by atoms with Gasteiger partial charge >= 0.3 is 0 Å². The molecule has 6 nitrogen and oxygen atoms in total. The lowest BCUT2D eigenvalue weighted by Crippen LogP contribution is -2.21. The third-order valence-electron chi connectivity index (χ3n) is 3.67. The lowest BCUT2D eigenvalue weighted by molar-refractivity contribution is 0.0993. The number of benzene rings is 2. The summed E-state index contributed by atoms with van der Waals surface area (Å²) < 4.78 is 1.58. The Bertz CT molecular complexity index is 971. The summed E-state index contributed by atoms with van der Waals surface area (Å²) in [6, 6.07) is 14.0. The van der Waals surface area contributed by atoms with E-state index >= 15 is 0 Å². The van der Waals surface area contributed by atoms with Crippen LogP contribution in [0.3, 0.4) is 0 Å². The van der Waals surface area contributed by atoms with Gasteiger partial charge in [-0.2, -0.15) is 0 Å². The molecule has 0 atom stereocenters. The Hall–Kier alpha value is -2.83. The Labute approximate surface area is 159 Å². The molecular formula is C18H14Cl2N4O2. The summed E-state index contributed by atoms with van der Waals surface area (Å²) in [7, 11) is 0. The highest BCUT2D eigenvalue weighted by Crippen LogP contribution is 2.23. The third-order valence-corrected chi connectivity index (χ3v) is 4.22. The van der Waals surface area contributed by atoms with Crippen molar-refractivity contribution in [1.82, 2.24) is 9.55 Å². The first-order valence-corrected chi connectivity index (χ1v) is 8.36. The van der Waals surface area contributed by atoms with E-state index in [1.807, 2.05) is 30.3 Å². The van der Waals surface area contributed by atoms with Gasteiger partial charge in [0.15, 0.2) is 11.5 Å². The number of halogens is 2. The van der Waals surface area contributed by atoms with Gasteiger partial charge in [-0.25, -0.2) is 4.98 Å². The van der Waals surface area contributed by atoms with Crippen LogP contribution in [0.4, 0.5) is 5.82 Å². The van der Waals surface area contributed by atoms with Crippen LogP contribution in [0.5, 0.6) is 0 Å². The van der Waals surface area contributed by atoms with Gasteiger partial charge in [-0.1, -0.05) is 53.5 Å². The van der Waals surface area contributed by atoms with Gasteiger partial charge in [-0.3, -0.25) is 9.59 Å². The van der Waals surface area contributed by atoms with Gasteiger partial charge in [0.25, 0.3) is 11.8 Å². The Morgan fingerprint density at radius 1 is 1.12 bits per heavy atom. The lowest BCUT2D eigenvalue weighted by Gasteiger charge is -2.09. The number of nitrogens with one attached hydrogen (secondary N) is 1. The van der Waals surface area contributed by atoms with Crippen molar-refractivity contribution in [3.05, 3.63) is 81.7 Å². The Balaban J connectivity index is 1.88. The Kier molecular flexibility index (Phi) is 5.25. The Morgan fingerprint density at radius 2 is 1.85 bits per heavy atom. The number of aromatic nitrogens is 2. The van der Waals surface area contributed by atoms with Crippen LogP contribution in [0.2, 0.25) is 10.0 Å². The number of rotatable bonds is 5. The smallest absolute Gasteiger partial charge is 0.269 e. The van der Waals surface area contributed by atoms with Gasteiger partial charge in [0, 0.05) is 11.6 Å². The van der Waals surface area contributed by atoms with E-state index in [2.05, 4.69) is 10.3 Å². The average Bonchev–Trinajstić information content (AvgIpc) is 2.98. The summed E-state index contributed by atoms with van der Waals surface area (Å²) in [5, 5.41) is 3.18. The standard InChI is InChI=1S/C18H14Cl2N4O2/c19-12-6-7-13(14(20)8-12)18(26)23-17-15(16(21)25)24(10-22-17)9-11-4-2-1-3-5-11/h1-8,10H,9H2,(H2,21,25)(H,23,26). The molecule has 2 amide bonds. The minimum atomic E-state index is -0.698. The van der Waals surface area contributed by atoms with E-state index in [1.54, 1.807) is 10.6 Å². The fourth-order valence-electron chi connectivity index (χ4n) is 2.48. The minimum absolute atomic E-state index is 0.0736. The monoisotopic (exact) mass is 388 g/mol. The van der Waals surface area contributed by atoms with Gasteiger partial charge in [0.05, 0.1) is 16.9 Å². The first-order chi connectivity index (χ1) is 12.5. The molecule has 0 aliphatic rings. The van der Waals surface area contributed by atoms with Gasteiger partial charge in [0.2, 0.25) is 0 Å². The molecule has 132 valence electrons. The minimum Gasteiger partial charge on any atom is -0.364 e. The summed E-state index contributed by atoms with van der Waals surface area (Å²) in [6.45, 7) is 0.393. The molecule has 0 fully saturated rings. The molecule has 1 aromatic heterocycles. The second-order valence-corrected chi connectivity index (χ2v) is 6.34. The van der Waals surface area contributed by atoms with Crippen LogP contribution in [0.1, 0.15) is 26.4 Å². The van der Waals surface area contributed by atoms with E-state index in [1.165, 1.54) is 18.5 Å². The Morgan fingerprint density at radius 3 is 2.50 bits per heavy atom. The fourth-order valence-corrected chi connectivity index (χ4v) is 2.97. The topological polar surface area (TPSA) is 90.0 Å². The van der Waals surface area contributed by atoms with Gasteiger partial charge < -0.3 is 15.6 Å². The van der Waals surface area contributed by atoms with E-state index in [0.29, 0.717) is 11.6 Å². The lowest BCUT2D eigenvalue weighted by atomic mass is 10.2. The fraction of sp³-hybridized carbons (Fsp3) is 0.0556. The van der Waals surface area contributed by atoms with Gasteiger partial charge in [-0.05, 0) is 23.8 Å².